The summed E-state index contributed by atoms with van der Waals surface area (Å²) in [6.07, 6.45) is 1.81. The molecule has 9 aromatic rings. The highest BCUT2D eigenvalue weighted by molar-refractivity contribution is 6.17. The van der Waals surface area contributed by atoms with E-state index in [0.29, 0.717) is 5.71 Å². The number of fused-ring (bicyclic) bond motifs is 8. The molecule has 0 atom stereocenters. The Bertz CT molecular complexity index is 2520. The maximum absolute atomic E-state index is 6.08. The molecule has 7 aromatic carbocycles. The number of hydrogen-bond acceptors (Lipinski definition) is 3. The number of furan rings is 1. The number of nitrogens with zero attached hydrogens (tertiary/aromatic N) is 2. The van der Waals surface area contributed by atoms with Gasteiger partial charge < -0.3 is 4.42 Å². The van der Waals surface area contributed by atoms with Gasteiger partial charge in [-0.15, -0.1) is 0 Å². The van der Waals surface area contributed by atoms with E-state index in [4.69, 9.17) is 9.40 Å². The fourth-order valence-electron chi connectivity index (χ4n) is 6.46. The fraction of sp³-hybridized carbons (Fsp3) is 0. The Morgan fingerprint density at radius 2 is 1.12 bits per heavy atom. The summed E-state index contributed by atoms with van der Waals surface area (Å²) in [6, 6.07) is 49.4. The Morgan fingerprint density at radius 3 is 1.95 bits per heavy atom. The van der Waals surface area contributed by atoms with Crippen LogP contribution in [0, 0.1) is 0 Å². The van der Waals surface area contributed by atoms with Gasteiger partial charge in [-0.3, -0.25) is 0 Å². The minimum atomic E-state index is 0.557. The molecule has 0 amide bonds. The molecule has 0 saturated carbocycles. The van der Waals surface area contributed by atoms with Crippen LogP contribution in [-0.2, 0) is 0 Å². The highest BCUT2D eigenvalue weighted by Gasteiger charge is 2.15. The molecule has 0 radical (unpaired) electrons. The van der Waals surface area contributed by atoms with Gasteiger partial charge in [0.2, 0.25) is 5.71 Å². The third-order valence-electron chi connectivity index (χ3n) is 8.51. The molecular weight excluding hydrogens is 524 g/mol. The first-order valence-corrected chi connectivity index (χ1v) is 14.5. The lowest BCUT2D eigenvalue weighted by molar-refractivity contribution is 0.653. The van der Waals surface area contributed by atoms with Gasteiger partial charge in [-0.25, -0.2) is 9.97 Å². The molecule has 0 saturated heterocycles. The van der Waals surface area contributed by atoms with Crippen LogP contribution in [0.25, 0.3) is 88.0 Å². The van der Waals surface area contributed by atoms with Crippen molar-refractivity contribution in [3.8, 4) is 33.5 Å². The van der Waals surface area contributed by atoms with E-state index in [1.165, 1.54) is 32.7 Å². The van der Waals surface area contributed by atoms with Crippen LogP contribution in [0.3, 0.4) is 0 Å². The number of hydrogen-bond donors (Lipinski definition) is 0. The molecule has 3 heteroatoms. The number of benzene rings is 7. The second kappa shape index (κ2) is 9.37. The molecule has 0 spiro atoms. The van der Waals surface area contributed by atoms with Crippen LogP contribution in [0.1, 0.15) is 0 Å². The first-order valence-electron chi connectivity index (χ1n) is 14.5. The zero-order valence-corrected chi connectivity index (χ0v) is 23.2. The van der Waals surface area contributed by atoms with Crippen LogP contribution in [0.2, 0.25) is 0 Å². The monoisotopic (exact) mass is 548 g/mol. The van der Waals surface area contributed by atoms with Gasteiger partial charge in [0, 0.05) is 5.56 Å². The standard InChI is InChI=1S/C40H24N2O/c1-4-16-32-25(9-1)19-20-37-38(32)39-40(43-37)41-24-36(42-39)30-14-8-12-27(22-30)26-11-7-13-28(21-26)35-23-29-10-2-3-15-31(29)33-17-5-6-18-34(33)35/h1-24H. The van der Waals surface area contributed by atoms with Crippen LogP contribution in [0.4, 0.5) is 0 Å². The van der Waals surface area contributed by atoms with Gasteiger partial charge in [0.05, 0.1) is 17.3 Å². The van der Waals surface area contributed by atoms with Gasteiger partial charge in [0.15, 0.2) is 0 Å². The molecule has 0 fully saturated rings. The van der Waals surface area contributed by atoms with Crippen molar-refractivity contribution in [3.63, 3.8) is 0 Å². The summed E-state index contributed by atoms with van der Waals surface area (Å²) in [5.74, 6) is 0. The topological polar surface area (TPSA) is 38.9 Å². The van der Waals surface area contributed by atoms with E-state index in [1.54, 1.807) is 0 Å². The highest BCUT2D eigenvalue weighted by atomic mass is 16.3. The van der Waals surface area contributed by atoms with Gasteiger partial charge >= 0.3 is 0 Å². The molecule has 2 heterocycles. The highest BCUT2D eigenvalue weighted by Crippen LogP contribution is 2.37. The predicted molar refractivity (Wildman–Crippen MR) is 178 cm³/mol. The summed E-state index contributed by atoms with van der Waals surface area (Å²) in [5, 5.41) is 8.35. The summed E-state index contributed by atoms with van der Waals surface area (Å²) in [4.78, 5) is 9.77. The van der Waals surface area contributed by atoms with Gasteiger partial charge in [-0.1, -0.05) is 115 Å². The molecule has 0 unspecified atom stereocenters. The fourth-order valence-corrected chi connectivity index (χ4v) is 6.46. The van der Waals surface area contributed by atoms with Crippen LogP contribution < -0.4 is 0 Å². The molecule has 0 N–H and O–H groups in total. The molecule has 2 aromatic heterocycles. The van der Waals surface area contributed by atoms with Crippen LogP contribution in [0.5, 0.6) is 0 Å². The van der Waals surface area contributed by atoms with E-state index >= 15 is 0 Å². The maximum atomic E-state index is 6.08. The zero-order chi connectivity index (χ0) is 28.3. The Kier molecular flexibility index (Phi) is 5.20. The summed E-state index contributed by atoms with van der Waals surface area (Å²) < 4.78 is 6.08. The van der Waals surface area contributed by atoms with Gasteiger partial charge in [-0.2, -0.15) is 0 Å². The summed E-state index contributed by atoms with van der Waals surface area (Å²) in [7, 11) is 0. The molecule has 43 heavy (non-hydrogen) atoms. The van der Waals surface area contributed by atoms with Gasteiger partial charge in [0.25, 0.3) is 0 Å². The largest absolute Gasteiger partial charge is 0.436 e. The predicted octanol–water partition coefficient (Wildman–Crippen LogP) is 10.8. The minimum Gasteiger partial charge on any atom is -0.436 e. The first-order chi connectivity index (χ1) is 21.3. The van der Waals surface area contributed by atoms with Crippen molar-refractivity contribution in [3.05, 3.63) is 146 Å². The molecule has 0 aliphatic carbocycles. The molecular formula is C40H24N2O. The Hall–Kier alpha value is -5.80. The van der Waals surface area contributed by atoms with E-state index in [0.717, 1.165) is 49.6 Å². The Labute approximate surface area is 247 Å². The second-order valence-corrected chi connectivity index (χ2v) is 11.0. The smallest absolute Gasteiger partial charge is 0.246 e. The van der Waals surface area contributed by atoms with Crippen LogP contribution in [0.15, 0.2) is 150 Å². The molecule has 0 bridgehead atoms. The summed E-state index contributed by atoms with van der Waals surface area (Å²) >= 11 is 0. The zero-order valence-electron chi connectivity index (χ0n) is 23.2. The second-order valence-electron chi connectivity index (χ2n) is 11.0. The van der Waals surface area contributed by atoms with Crippen molar-refractivity contribution in [1.82, 2.24) is 9.97 Å². The third kappa shape index (κ3) is 3.83. The van der Waals surface area contributed by atoms with E-state index in [9.17, 15) is 0 Å². The van der Waals surface area contributed by atoms with Crippen molar-refractivity contribution >= 4 is 54.5 Å². The molecule has 0 aliphatic heterocycles. The lowest BCUT2D eigenvalue weighted by Gasteiger charge is -2.12. The average molecular weight is 549 g/mol. The van der Waals surface area contributed by atoms with E-state index < -0.39 is 0 Å². The van der Waals surface area contributed by atoms with Gasteiger partial charge in [-0.05, 0) is 78.8 Å². The molecule has 0 aliphatic rings. The maximum Gasteiger partial charge on any atom is 0.246 e. The van der Waals surface area contributed by atoms with Crippen molar-refractivity contribution in [2.45, 2.75) is 0 Å². The minimum absolute atomic E-state index is 0.557. The molecule has 3 nitrogen and oxygen atoms in total. The third-order valence-corrected chi connectivity index (χ3v) is 8.51. The number of aromatic nitrogens is 2. The quantitative estimate of drug-likeness (QED) is 0.206. The normalized spacial score (nSPS) is 11.7. The lowest BCUT2D eigenvalue weighted by Crippen LogP contribution is -1.89. The summed E-state index contributed by atoms with van der Waals surface area (Å²) in [6.45, 7) is 0. The Balaban J connectivity index is 1.17. The lowest BCUT2D eigenvalue weighted by atomic mass is 9.91. The Morgan fingerprint density at radius 1 is 0.465 bits per heavy atom. The summed E-state index contributed by atoms with van der Waals surface area (Å²) in [5.41, 5.74) is 8.72. The van der Waals surface area contributed by atoms with Crippen molar-refractivity contribution < 1.29 is 4.42 Å². The van der Waals surface area contributed by atoms with Crippen LogP contribution >= 0.6 is 0 Å². The number of rotatable bonds is 3. The molecule has 9 rings (SSSR count). The van der Waals surface area contributed by atoms with E-state index in [-0.39, 0.29) is 0 Å². The van der Waals surface area contributed by atoms with Crippen LogP contribution in [-0.4, -0.2) is 9.97 Å². The van der Waals surface area contributed by atoms with E-state index in [1.807, 2.05) is 12.3 Å². The van der Waals surface area contributed by atoms with Crippen molar-refractivity contribution in [1.29, 1.82) is 0 Å². The van der Waals surface area contributed by atoms with Gasteiger partial charge in [0.1, 0.15) is 11.1 Å². The van der Waals surface area contributed by atoms with Crippen molar-refractivity contribution in [2.75, 3.05) is 0 Å². The van der Waals surface area contributed by atoms with Crippen molar-refractivity contribution in [2.24, 2.45) is 0 Å². The van der Waals surface area contributed by atoms with E-state index in [2.05, 4.69) is 138 Å². The first kappa shape index (κ1) is 23.9. The SMILES string of the molecule is c1cc(-c2cccc(-c3cc4ccccc4c4ccccc34)c2)cc(-c2cnc3oc4ccc5ccccc5c4c3n2)c1. The molecule has 200 valence electrons. The average Bonchev–Trinajstić information content (AvgIpc) is 3.47.